The number of ether oxygens (including phenoxy) is 2. The van der Waals surface area contributed by atoms with Gasteiger partial charge in [0.05, 0.1) is 29.8 Å². The third-order valence-electron chi connectivity index (χ3n) is 5.28. The van der Waals surface area contributed by atoms with E-state index in [1.807, 2.05) is 25.2 Å². The van der Waals surface area contributed by atoms with Gasteiger partial charge in [-0.1, -0.05) is 0 Å². The van der Waals surface area contributed by atoms with Gasteiger partial charge in [0.1, 0.15) is 29.9 Å². The fraction of sp³-hybridized carbons (Fsp3) is 0.400. The molecular weight excluding hydrogens is 370 g/mol. The summed E-state index contributed by atoms with van der Waals surface area (Å²) in [6.07, 6.45) is 5.17. The quantitative estimate of drug-likeness (QED) is 0.542. The predicted octanol–water partition coefficient (Wildman–Crippen LogP) is 2.14. The monoisotopic (exact) mass is 397 g/mol. The maximum Gasteiger partial charge on any atom is 0.162 e. The summed E-state index contributed by atoms with van der Waals surface area (Å²) in [6.45, 7) is 2.29. The molecule has 1 aromatic carbocycles. The topological polar surface area (TPSA) is 116 Å². The number of nitrogen functional groups attached to an aromatic ring is 2. The standard InChI is InChI=1S/C20H27N7O2/c1-23-12-29-13-6-7-15(16(10-13)28-2)27-18(21)14-11-24-25-20(17(14)19(27)22)26-8-4-3-5-9-26/h6-7,10-11,23H,3-5,8-9,12,21-22H2,1-2H3. The van der Waals surface area contributed by atoms with Crippen LogP contribution in [0.4, 0.5) is 17.5 Å². The number of nitrogens with two attached hydrogens (primary N) is 2. The molecule has 3 heterocycles. The number of nitrogens with one attached hydrogen (secondary N) is 1. The van der Waals surface area contributed by atoms with E-state index in [4.69, 9.17) is 20.9 Å². The van der Waals surface area contributed by atoms with Crippen LogP contribution >= 0.6 is 0 Å². The lowest BCUT2D eigenvalue weighted by Gasteiger charge is -2.27. The molecule has 9 nitrogen and oxygen atoms in total. The van der Waals surface area contributed by atoms with E-state index in [-0.39, 0.29) is 0 Å². The van der Waals surface area contributed by atoms with Crippen molar-refractivity contribution in [3.8, 4) is 17.2 Å². The van der Waals surface area contributed by atoms with Crippen molar-refractivity contribution in [2.75, 3.05) is 50.3 Å². The first kappa shape index (κ1) is 19.1. The first-order valence-corrected chi connectivity index (χ1v) is 9.77. The van der Waals surface area contributed by atoms with Gasteiger partial charge in [-0.05, 0) is 38.4 Å². The normalized spacial score (nSPS) is 14.3. The average Bonchev–Trinajstić information content (AvgIpc) is 3.03. The van der Waals surface area contributed by atoms with Crippen molar-refractivity contribution < 1.29 is 9.47 Å². The molecule has 1 fully saturated rings. The summed E-state index contributed by atoms with van der Waals surface area (Å²) < 4.78 is 13.0. The van der Waals surface area contributed by atoms with Gasteiger partial charge in [-0.15, -0.1) is 5.10 Å². The van der Waals surface area contributed by atoms with Gasteiger partial charge >= 0.3 is 0 Å². The number of anilines is 3. The van der Waals surface area contributed by atoms with Crippen LogP contribution in [0.15, 0.2) is 24.4 Å². The van der Waals surface area contributed by atoms with Gasteiger partial charge < -0.3 is 25.8 Å². The van der Waals surface area contributed by atoms with E-state index in [0.29, 0.717) is 29.9 Å². The van der Waals surface area contributed by atoms with Gasteiger partial charge in [0.2, 0.25) is 0 Å². The Balaban J connectivity index is 1.84. The summed E-state index contributed by atoms with van der Waals surface area (Å²) >= 11 is 0. The summed E-state index contributed by atoms with van der Waals surface area (Å²) in [6, 6.07) is 5.57. The van der Waals surface area contributed by atoms with Crippen molar-refractivity contribution in [3.05, 3.63) is 24.4 Å². The van der Waals surface area contributed by atoms with Crippen LogP contribution in [0.3, 0.4) is 0 Å². The highest BCUT2D eigenvalue weighted by Crippen LogP contribution is 2.41. The Labute approximate surface area is 169 Å². The van der Waals surface area contributed by atoms with Gasteiger partial charge in [0.15, 0.2) is 5.82 Å². The van der Waals surface area contributed by atoms with Crippen LogP contribution in [0.1, 0.15) is 19.3 Å². The van der Waals surface area contributed by atoms with Crippen LogP contribution in [0.25, 0.3) is 16.5 Å². The Hall–Kier alpha value is -3.20. The van der Waals surface area contributed by atoms with Crippen molar-refractivity contribution >= 4 is 28.2 Å². The molecule has 1 saturated heterocycles. The molecule has 2 aromatic heterocycles. The van der Waals surface area contributed by atoms with E-state index in [2.05, 4.69) is 20.4 Å². The highest BCUT2D eigenvalue weighted by Gasteiger charge is 2.24. The zero-order chi connectivity index (χ0) is 20.4. The molecule has 1 aliphatic heterocycles. The first-order chi connectivity index (χ1) is 14.2. The first-order valence-electron chi connectivity index (χ1n) is 9.77. The smallest absolute Gasteiger partial charge is 0.162 e. The lowest BCUT2D eigenvalue weighted by molar-refractivity contribution is 0.294. The van der Waals surface area contributed by atoms with Crippen LogP contribution in [0.2, 0.25) is 0 Å². The minimum atomic E-state index is 0.400. The Morgan fingerprint density at radius 1 is 1.14 bits per heavy atom. The Morgan fingerprint density at radius 2 is 1.93 bits per heavy atom. The second-order valence-corrected chi connectivity index (χ2v) is 7.09. The fourth-order valence-corrected chi connectivity index (χ4v) is 3.86. The zero-order valence-corrected chi connectivity index (χ0v) is 16.8. The number of piperidine rings is 1. The molecule has 0 aliphatic carbocycles. The van der Waals surface area contributed by atoms with Crippen LogP contribution in [0, 0.1) is 0 Å². The summed E-state index contributed by atoms with van der Waals surface area (Å²) in [5.74, 6) is 3.12. The Bertz CT molecular complexity index is 1010. The van der Waals surface area contributed by atoms with Crippen LogP contribution in [-0.2, 0) is 0 Å². The van der Waals surface area contributed by atoms with Crippen molar-refractivity contribution in [1.29, 1.82) is 0 Å². The minimum absolute atomic E-state index is 0.400. The van der Waals surface area contributed by atoms with Crippen molar-refractivity contribution in [3.63, 3.8) is 0 Å². The maximum absolute atomic E-state index is 6.61. The summed E-state index contributed by atoms with van der Waals surface area (Å²) in [5.41, 5.74) is 13.9. The van der Waals surface area contributed by atoms with E-state index in [0.717, 1.165) is 48.2 Å². The molecule has 29 heavy (non-hydrogen) atoms. The highest BCUT2D eigenvalue weighted by atomic mass is 16.5. The molecule has 154 valence electrons. The Kier molecular flexibility index (Phi) is 5.30. The number of nitrogens with zero attached hydrogens (tertiary/aromatic N) is 4. The molecular formula is C20H27N7O2. The van der Waals surface area contributed by atoms with Gasteiger partial charge in [0, 0.05) is 19.2 Å². The van der Waals surface area contributed by atoms with Gasteiger partial charge in [-0.3, -0.25) is 9.88 Å². The van der Waals surface area contributed by atoms with E-state index in [1.165, 1.54) is 6.42 Å². The van der Waals surface area contributed by atoms with Crippen LogP contribution in [0.5, 0.6) is 11.5 Å². The fourth-order valence-electron chi connectivity index (χ4n) is 3.86. The summed E-state index contributed by atoms with van der Waals surface area (Å²) in [7, 11) is 3.43. The molecule has 9 heteroatoms. The lowest BCUT2D eigenvalue weighted by Crippen LogP contribution is -2.30. The number of hydrogen-bond acceptors (Lipinski definition) is 8. The largest absolute Gasteiger partial charge is 0.494 e. The molecule has 0 unspecified atom stereocenters. The number of rotatable bonds is 6. The molecule has 3 aromatic rings. The van der Waals surface area contributed by atoms with Gasteiger partial charge in [0.25, 0.3) is 0 Å². The second kappa shape index (κ2) is 8.04. The predicted molar refractivity (Wildman–Crippen MR) is 115 cm³/mol. The van der Waals surface area contributed by atoms with E-state index in [9.17, 15) is 0 Å². The number of methoxy groups -OCH3 is 1. The number of hydrogen-bond donors (Lipinski definition) is 3. The van der Waals surface area contributed by atoms with E-state index in [1.54, 1.807) is 17.9 Å². The molecule has 5 N–H and O–H groups in total. The SMILES string of the molecule is CNCOc1ccc(-n2c(N)c3cnnc(N4CCCCC4)c3c2N)c(OC)c1. The molecule has 0 saturated carbocycles. The molecule has 0 atom stereocenters. The molecule has 1 aliphatic rings. The second-order valence-electron chi connectivity index (χ2n) is 7.09. The summed E-state index contributed by atoms with van der Waals surface area (Å²) in [4.78, 5) is 2.24. The van der Waals surface area contributed by atoms with Crippen molar-refractivity contribution in [2.24, 2.45) is 0 Å². The number of benzene rings is 1. The third-order valence-corrected chi connectivity index (χ3v) is 5.28. The van der Waals surface area contributed by atoms with Crippen LogP contribution < -0.4 is 31.2 Å². The van der Waals surface area contributed by atoms with Crippen LogP contribution in [-0.4, -0.2) is 48.7 Å². The number of fused-ring (bicyclic) bond motifs is 1. The van der Waals surface area contributed by atoms with Gasteiger partial charge in [-0.25, -0.2) is 0 Å². The van der Waals surface area contributed by atoms with E-state index >= 15 is 0 Å². The molecule has 0 radical (unpaired) electrons. The third kappa shape index (κ3) is 3.38. The average molecular weight is 397 g/mol. The summed E-state index contributed by atoms with van der Waals surface area (Å²) in [5, 5.41) is 13.2. The van der Waals surface area contributed by atoms with E-state index < -0.39 is 0 Å². The zero-order valence-electron chi connectivity index (χ0n) is 16.8. The minimum Gasteiger partial charge on any atom is -0.494 e. The Morgan fingerprint density at radius 3 is 2.66 bits per heavy atom. The molecule has 0 amide bonds. The van der Waals surface area contributed by atoms with Gasteiger partial charge in [-0.2, -0.15) is 5.10 Å². The van der Waals surface area contributed by atoms with Crippen molar-refractivity contribution in [2.45, 2.75) is 19.3 Å². The molecule has 0 bridgehead atoms. The molecule has 0 spiro atoms. The number of aromatic nitrogens is 3. The molecule has 4 rings (SSSR count). The van der Waals surface area contributed by atoms with Crippen molar-refractivity contribution in [1.82, 2.24) is 20.1 Å². The highest BCUT2D eigenvalue weighted by molar-refractivity contribution is 6.07. The maximum atomic E-state index is 6.61. The lowest BCUT2D eigenvalue weighted by atomic mass is 10.1.